The Kier molecular flexibility index (Phi) is 4.71. The van der Waals surface area contributed by atoms with Crippen molar-refractivity contribution < 1.29 is 13.2 Å². The van der Waals surface area contributed by atoms with E-state index in [4.69, 9.17) is 16.3 Å². The number of ether oxygens (including phenoxy) is 1. The highest BCUT2D eigenvalue weighted by atomic mass is 35.5. The number of benzene rings is 2. The third-order valence-electron chi connectivity index (χ3n) is 4.67. The number of methoxy groups -OCH3 is 1. The Balaban J connectivity index is 1.81. The quantitative estimate of drug-likeness (QED) is 0.885. The summed E-state index contributed by atoms with van der Waals surface area (Å²) in [6.07, 6.45) is 1.38. The van der Waals surface area contributed by atoms with Crippen LogP contribution in [0.4, 0.5) is 0 Å². The molecular weight excluding hydrogens is 346 g/mol. The second kappa shape index (κ2) is 6.48. The van der Waals surface area contributed by atoms with E-state index in [9.17, 15) is 8.42 Å². The van der Waals surface area contributed by atoms with Crippen LogP contribution in [-0.2, 0) is 27.6 Å². The summed E-state index contributed by atoms with van der Waals surface area (Å²) in [5.74, 6) is 0. The predicted molar refractivity (Wildman–Crippen MR) is 95.0 cm³/mol. The highest BCUT2D eigenvalue weighted by Crippen LogP contribution is 2.32. The third-order valence-corrected chi connectivity index (χ3v) is 6.62. The number of fused-ring (bicyclic) bond motifs is 1. The van der Waals surface area contributed by atoms with Crippen LogP contribution in [0.2, 0.25) is 5.02 Å². The zero-order valence-corrected chi connectivity index (χ0v) is 15.2. The molecule has 1 aliphatic carbocycles. The smallest absolute Gasteiger partial charge is 0.240 e. The van der Waals surface area contributed by atoms with Crippen LogP contribution in [0.1, 0.15) is 16.7 Å². The van der Waals surface area contributed by atoms with Crippen molar-refractivity contribution >= 4 is 21.6 Å². The average molecular weight is 366 g/mol. The maximum Gasteiger partial charge on any atom is 0.240 e. The van der Waals surface area contributed by atoms with Gasteiger partial charge in [-0.25, -0.2) is 13.1 Å². The molecule has 0 saturated carbocycles. The SMILES string of the molecule is COC1(CNS(=O)(=O)c2cccc(Cl)c2C)Cc2ccccc2C1. The third kappa shape index (κ3) is 3.22. The number of nitrogens with one attached hydrogen (secondary N) is 1. The van der Waals surface area contributed by atoms with E-state index in [1.165, 1.54) is 11.1 Å². The van der Waals surface area contributed by atoms with E-state index in [2.05, 4.69) is 16.9 Å². The highest BCUT2D eigenvalue weighted by molar-refractivity contribution is 7.89. The summed E-state index contributed by atoms with van der Waals surface area (Å²) in [6, 6.07) is 13.0. The molecule has 0 saturated heterocycles. The topological polar surface area (TPSA) is 55.4 Å². The lowest BCUT2D eigenvalue weighted by Crippen LogP contribution is -2.45. The minimum atomic E-state index is -3.65. The molecule has 0 fully saturated rings. The van der Waals surface area contributed by atoms with Crippen LogP contribution < -0.4 is 4.72 Å². The van der Waals surface area contributed by atoms with E-state index in [1.54, 1.807) is 32.2 Å². The Hall–Kier alpha value is -1.40. The molecule has 24 heavy (non-hydrogen) atoms. The molecule has 0 bridgehead atoms. The lowest BCUT2D eigenvalue weighted by Gasteiger charge is -2.28. The predicted octanol–water partition coefficient (Wildman–Crippen LogP) is 3.11. The van der Waals surface area contributed by atoms with Crippen LogP contribution in [0, 0.1) is 6.92 Å². The fraction of sp³-hybridized carbons (Fsp3) is 0.333. The molecule has 3 rings (SSSR count). The first-order valence-corrected chi connectivity index (χ1v) is 9.60. The van der Waals surface area contributed by atoms with Crippen molar-refractivity contribution in [1.29, 1.82) is 0 Å². The fourth-order valence-corrected chi connectivity index (χ4v) is 4.79. The maximum absolute atomic E-state index is 12.7. The number of sulfonamides is 1. The van der Waals surface area contributed by atoms with Crippen molar-refractivity contribution in [3.8, 4) is 0 Å². The van der Waals surface area contributed by atoms with Gasteiger partial charge in [-0.3, -0.25) is 0 Å². The van der Waals surface area contributed by atoms with Gasteiger partial charge in [-0.1, -0.05) is 41.9 Å². The van der Waals surface area contributed by atoms with Gasteiger partial charge in [-0.2, -0.15) is 0 Å². The van der Waals surface area contributed by atoms with Gasteiger partial charge in [-0.05, 0) is 35.7 Å². The lowest BCUT2D eigenvalue weighted by atomic mass is 10.0. The second-order valence-electron chi connectivity index (χ2n) is 6.20. The number of halogens is 1. The first-order chi connectivity index (χ1) is 11.4. The van der Waals surface area contributed by atoms with Gasteiger partial charge in [0.05, 0.1) is 10.5 Å². The van der Waals surface area contributed by atoms with Crippen LogP contribution in [-0.4, -0.2) is 27.7 Å². The summed E-state index contributed by atoms with van der Waals surface area (Å²) >= 11 is 6.05. The van der Waals surface area contributed by atoms with Gasteiger partial charge in [0, 0.05) is 31.5 Å². The van der Waals surface area contributed by atoms with Gasteiger partial charge >= 0.3 is 0 Å². The molecule has 0 heterocycles. The van der Waals surface area contributed by atoms with Crippen molar-refractivity contribution in [3.05, 3.63) is 64.2 Å². The Labute approximate surface area is 147 Å². The van der Waals surface area contributed by atoms with Gasteiger partial charge in [-0.15, -0.1) is 0 Å². The molecule has 128 valence electrons. The van der Waals surface area contributed by atoms with E-state index in [1.807, 2.05) is 12.1 Å². The number of hydrogen-bond donors (Lipinski definition) is 1. The molecule has 1 aliphatic rings. The zero-order chi connectivity index (χ0) is 17.4. The van der Waals surface area contributed by atoms with E-state index < -0.39 is 15.6 Å². The lowest BCUT2D eigenvalue weighted by molar-refractivity contribution is 0.00378. The van der Waals surface area contributed by atoms with Crippen LogP contribution in [0.5, 0.6) is 0 Å². The molecular formula is C18H20ClNO3S. The first-order valence-electron chi connectivity index (χ1n) is 7.74. The summed E-state index contributed by atoms with van der Waals surface area (Å²) in [7, 11) is -2.02. The molecule has 0 aliphatic heterocycles. The average Bonchev–Trinajstić information content (AvgIpc) is 2.95. The molecule has 4 nitrogen and oxygen atoms in total. The standard InChI is InChI=1S/C18H20ClNO3S/c1-13-16(19)8-5-9-17(13)24(21,22)20-12-18(23-2)10-14-6-3-4-7-15(14)11-18/h3-9,20H,10-12H2,1-2H3. The molecule has 2 aromatic carbocycles. The van der Waals surface area contributed by atoms with E-state index in [-0.39, 0.29) is 11.4 Å². The molecule has 0 spiro atoms. The first kappa shape index (κ1) is 17.4. The second-order valence-corrected chi connectivity index (χ2v) is 8.34. The molecule has 0 aromatic heterocycles. The molecule has 2 aromatic rings. The van der Waals surface area contributed by atoms with Crippen molar-refractivity contribution in [2.75, 3.05) is 13.7 Å². The number of rotatable bonds is 5. The largest absolute Gasteiger partial charge is 0.376 e. The molecule has 1 N–H and O–H groups in total. The Morgan fingerprint density at radius 1 is 1.12 bits per heavy atom. The van der Waals surface area contributed by atoms with Crippen molar-refractivity contribution in [2.45, 2.75) is 30.3 Å². The van der Waals surface area contributed by atoms with Gasteiger partial charge in [0.2, 0.25) is 10.0 Å². The van der Waals surface area contributed by atoms with Gasteiger partial charge < -0.3 is 4.74 Å². The van der Waals surface area contributed by atoms with E-state index >= 15 is 0 Å². The van der Waals surface area contributed by atoms with Crippen LogP contribution in [0.25, 0.3) is 0 Å². The molecule has 0 unspecified atom stereocenters. The minimum absolute atomic E-state index is 0.205. The Morgan fingerprint density at radius 3 is 2.33 bits per heavy atom. The molecule has 0 radical (unpaired) electrons. The van der Waals surface area contributed by atoms with E-state index in [0.29, 0.717) is 23.4 Å². The maximum atomic E-state index is 12.7. The summed E-state index contributed by atoms with van der Waals surface area (Å²) in [4.78, 5) is 0.205. The van der Waals surface area contributed by atoms with E-state index in [0.717, 1.165) is 0 Å². The Bertz CT molecular complexity index is 839. The number of hydrogen-bond acceptors (Lipinski definition) is 3. The normalized spacial score (nSPS) is 16.1. The summed E-state index contributed by atoms with van der Waals surface area (Å²) in [5.41, 5.74) is 2.41. The molecule has 6 heteroatoms. The molecule has 0 amide bonds. The van der Waals surface area contributed by atoms with Crippen LogP contribution >= 0.6 is 11.6 Å². The van der Waals surface area contributed by atoms with Gasteiger partial charge in [0.15, 0.2) is 0 Å². The monoisotopic (exact) mass is 365 g/mol. The summed E-state index contributed by atoms with van der Waals surface area (Å²) in [6.45, 7) is 1.92. The van der Waals surface area contributed by atoms with Crippen LogP contribution in [0.15, 0.2) is 47.4 Å². The fourth-order valence-electron chi connectivity index (χ4n) is 3.18. The minimum Gasteiger partial charge on any atom is -0.376 e. The highest BCUT2D eigenvalue weighted by Gasteiger charge is 2.38. The zero-order valence-electron chi connectivity index (χ0n) is 13.7. The van der Waals surface area contributed by atoms with Crippen molar-refractivity contribution in [3.63, 3.8) is 0 Å². The van der Waals surface area contributed by atoms with Crippen molar-refractivity contribution in [2.24, 2.45) is 0 Å². The van der Waals surface area contributed by atoms with Gasteiger partial charge in [0.1, 0.15) is 0 Å². The Morgan fingerprint density at radius 2 is 1.75 bits per heavy atom. The van der Waals surface area contributed by atoms with Crippen LogP contribution in [0.3, 0.4) is 0 Å². The van der Waals surface area contributed by atoms with Gasteiger partial charge in [0.25, 0.3) is 0 Å². The summed E-state index contributed by atoms with van der Waals surface area (Å²) < 4.78 is 33.7. The van der Waals surface area contributed by atoms with Crippen molar-refractivity contribution in [1.82, 2.24) is 4.72 Å². The summed E-state index contributed by atoms with van der Waals surface area (Å²) in [5, 5.41) is 0.438. The molecule has 0 atom stereocenters.